The Kier molecular flexibility index (Phi) is 4.02. The molecule has 0 aliphatic carbocycles. The van der Waals surface area contributed by atoms with E-state index in [9.17, 15) is 27.2 Å². The lowest BCUT2D eigenvalue weighted by Gasteiger charge is -2.16. The number of nitrogens with zero attached hydrogens (tertiary/aromatic N) is 1. The average molecular weight is 319 g/mol. The van der Waals surface area contributed by atoms with Crippen LogP contribution < -0.4 is 5.32 Å². The minimum absolute atomic E-state index is 0.0232. The van der Waals surface area contributed by atoms with E-state index in [1.165, 1.54) is 6.33 Å². The Morgan fingerprint density at radius 1 is 1.36 bits per heavy atom. The fourth-order valence-corrected chi connectivity index (χ4v) is 1.86. The van der Waals surface area contributed by atoms with Crippen molar-refractivity contribution in [3.8, 4) is 0 Å². The number of fused-ring (bicyclic) bond motifs is 1. The fourth-order valence-electron chi connectivity index (χ4n) is 1.86. The topological polar surface area (TPSA) is 95.1 Å². The summed E-state index contributed by atoms with van der Waals surface area (Å²) in [6, 6.07) is -0.362. The molecule has 0 aliphatic rings. The van der Waals surface area contributed by atoms with Gasteiger partial charge in [-0.15, -0.1) is 0 Å². The maximum atomic E-state index is 13.4. The van der Waals surface area contributed by atoms with E-state index in [0.717, 1.165) is 12.1 Å². The van der Waals surface area contributed by atoms with Crippen LogP contribution in [0.5, 0.6) is 0 Å². The van der Waals surface area contributed by atoms with E-state index in [-0.39, 0.29) is 16.6 Å². The van der Waals surface area contributed by atoms with Gasteiger partial charge in [-0.2, -0.15) is 13.2 Å². The molecule has 0 spiro atoms. The summed E-state index contributed by atoms with van der Waals surface area (Å²) < 4.78 is 50.3. The molecule has 10 heteroatoms. The molecule has 1 amide bonds. The van der Waals surface area contributed by atoms with Crippen LogP contribution in [0.3, 0.4) is 0 Å². The maximum absolute atomic E-state index is 13.4. The second-order valence-electron chi connectivity index (χ2n) is 4.44. The number of halogens is 4. The lowest BCUT2D eigenvalue weighted by Crippen LogP contribution is -2.43. The van der Waals surface area contributed by atoms with Gasteiger partial charge in [-0.25, -0.2) is 14.2 Å². The Morgan fingerprint density at radius 3 is 2.64 bits per heavy atom. The molecule has 3 N–H and O–H groups in total. The van der Waals surface area contributed by atoms with E-state index in [2.05, 4.69) is 9.97 Å². The standard InChI is InChI=1S/C12H9F4N3O3/c13-5-1-6(9-7(2-5)17-4-18-9)10(20)19-8(11(21)22)3-12(14,15)16/h1-2,4,8H,3H2,(H,17,18)(H,19,20)(H,21,22). The highest BCUT2D eigenvalue weighted by Gasteiger charge is 2.36. The number of amides is 1. The van der Waals surface area contributed by atoms with Gasteiger partial charge in [0.15, 0.2) is 0 Å². The first kappa shape index (κ1) is 15.7. The van der Waals surface area contributed by atoms with Gasteiger partial charge in [0.25, 0.3) is 5.91 Å². The van der Waals surface area contributed by atoms with Gasteiger partial charge >= 0.3 is 12.1 Å². The minimum atomic E-state index is -4.78. The molecule has 2 rings (SSSR count). The van der Waals surface area contributed by atoms with Crippen LogP contribution in [0.25, 0.3) is 11.0 Å². The van der Waals surface area contributed by atoms with Crippen molar-refractivity contribution >= 4 is 22.9 Å². The molecule has 118 valence electrons. The second-order valence-corrected chi connectivity index (χ2v) is 4.44. The Morgan fingerprint density at radius 2 is 2.05 bits per heavy atom. The smallest absolute Gasteiger partial charge is 0.391 e. The van der Waals surface area contributed by atoms with E-state index < -0.39 is 36.3 Å². The molecule has 0 bridgehead atoms. The van der Waals surface area contributed by atoms with Crippen LogP contribution in [-0.4, -0.2) is 39.2 Å². The number of carbonyl (C=O) groups is 2. The number of aromatic amines is 1. The van der Waals surface area contributed by atoms with Crippen molar-refractivity contribution in [2.75, 3.05) is 0 Å². The molecule has 0 radical (unpaired) electrons. The van der Waals surface area contributed by atoms with Crippen LogP contribution in [0, 0.1) is 5.82 Å². The summed E-state index contributed by atoms with van der Waals surface area (Å²) in [5.74, 6) is -3.82. The van der Waals surface area contributed by atoms with Crippen molar-refractivity contribution in [3.05, 3.63) is 29.8 Å². The average Bonchev–Trinajstić information content (AvgIpc) is 2.82. The van der Waals surface area contributed by atoms with Crippen molar-refractivity contribution in [1.82, 2.24) is 15.3 Å². The van der Waals surface area contributed by atoms with E-state index in [1.54, 1.807) is 5.32 Å². The van der Waals surface area contributed by atoms with E-state index >= 15 is 0 Å². The fraction of sp³-hybridized carbons (Fsp3) is 0.250. The monoisotopic (exact) mass is 319 g/mol. The van der Waals surface area contributed by atoms with Gasteiger partial charge in [0.05, 0.1) is 23.8 Å². The molecule has 0 fully saturated rings. The number of rotatable bonds is 4. The third-order valence-corrected chi connectivity index (χ3v) is 2.77. The van der Waals surface area contributed by atoms with Gasteiger partial charge in [-0.3, -0.25) is 4.79 Å². The number of benzene rings is 1. The number of aromatic nitrogens is 2. The Bertz CT molecular complexity index is 726. The lowest BCUT2D eigenvalue weighted by molar-refractivity contribution is -0.157. The predicted molar refractivity (Wildman–Crippen MR) is 65.6 cm³/mol. The van der Waals surface area contributed by atoms with Gasteiger partial charge < -0.3 is 15.4 Å². The molecule has 6 nitrogen and oxygen atoms in total. The van der Waals surface area contributed by atoms with Crippen LogP contribution >= 0.6 is 0 Å². The zero-order valence-corrected chi connectivity index (χ0v) is 10.7. The summed E-state index contributed by atoms with van der Waals surface area (Å²) >= 11 is 0. The normalized spacial score (nSPS) is 13.1. The van der Waals surface area contributed by atoms with Crippen molar-refractivity contribution in [2.24, 2.45) is 0 Å². The van der Waals surface area contributed by atoms with E-state index in [4.69, 9.17) is 5.11 Å². The zero-order chi connectivity index (χ0) is 16.5. The molecule has 1 atom stereocenters. The molecule has 0 aliphatic heterocycles. The van der Waals surface area contributed by atoms with Crippen LogP contribution in [-0.2, 0) is 4.79 Å². The quantitative estimate of drug-likeness (QED) is 0.749. The Balaban J connectivity index is 2.29. The highest BCUT2D eigenvalue weighted by molar-refractivity contribution is 6.05. The first-order valence-corrected chi connectivity index (χ1v) is 5.90. The SMILES string of the molecule is O=C(NC(CC(F)(F)F)C(=O)O)c1cc(F)cc2[nH]cnc12. The molecule has 0 saturated carbocycles. The number of nitrogens with one attached hydrogen (secondary N) is 2. The molecular weight excluding hydrogens is 310 g/mol. The Labute approximate surface area is 120 Å². The van der Waals surface area contributed by atoms with Crippen LogP contribution in [0.2, 0.25) is 0 Å². The van der Waals surface area contributed by atoms with Crippen molar-refractivity contribution < 1.29 is 32.3 Å². The lowest BCUT2D eigenvalue weighted by atomic mass is 10.1. The summed E-state index contributed by atoms with van der Waals surface area (Å²) in [4.78, 5) is 29.1. The second kappa shape index (κ2) is 5.62. The predicted octanol–water partition coefficient (Wildman–Crippen LogP) is 1.84. The van der Waals surface area contributed by atoms with Gasteiger partial charge in [0.1, 0.15) is 17.4 Å². The summed E-state index contributed by atoms with van der Waals surface area (Å²) in [5, 5.41) is 10.5. The number of hydrogen-bond acceptors (Lipinski definition) is 3. The molecule has 1 unspecified atom stereocenters. The van der Waals surface area contributed by atoms with Crippen molar-refractivity contribution in [3.63, 3.8) is 0 Å². The number of alkyl halides is 3. The summed E-state index contributed by atoms with van der Waals surface area (Å²) in [7, 11) is 0. The molecule has 22 heavy (non-hydrogen) atoms. The number of H-pyrrole nitrogens is 1. The number of aliphatic carboxylic acids is 1. The number of carboxylic acid groups (broad SMARTS) is 1. The molecule has 2 aromatic rings. The number of hydrogen-bond donors (Lipinski definition) is 3. The molecule has 1 aromatic heterocycles. The van der Waals surface area contributed by atoms with Gasteiger partial charge in [-0.05, 0) is 12.1 Å². The maximum Gasteiger partial charge on any atom is 0.391 e. The first-order chi connectivity index (χ1) is 10.2. The highest BCUT2D eigenvalue weighted by atomic mass is 19.4. The third-order valence-electron chi connectivity index (χ3n) is 2.77. The molecular formula is C12H9F4N3O3. The molecule has 0 saturated heterocycles. The third kappa shape index (κ3) is 3.51. The summed E-state index contributed by atoms with van der Waals surface area (Å²) in [6.07, 6.45) is -5.35. The zero-order valence-electron chi connectivity index (χ0n) is 10.7. The van der Waals surface area contributed by atoms with Crippen LogP contribution in [0.15, 0.2) is 18.5 Å². The minimum Gasteiger partial charge on any atom is -0.480 e. The van der Waals surface area contributed by atoms with Gasteiger partial charge in [0, 0.05) is 0 Å². The van der Waals surface area contributed by atoms with Gasteiger partial charge in [0.2, 0.25) is 0 Å². The van der Waals surface area contributed by atoms with E-state index in [0.29, 0.717) is 0 Å². The van der Waals surface area contributed by atoms with Crippen molar-refractivity contribution in [1.29, 1.82) is 0 Å². The molecule has 1 heterocycles. The highest BCUT2D eigenvalue weighted by Crippen LogP contribution is 2.22. The van der Waals surface area contributed by atoms with Crippen LogP contribution in [0.1, 0.15) is 16.8 Å². The van der Waals surface area contributed by atoms with Gasteiger partial charge in [-0.1, -0.05) is 0 Å². The summed E-state index contributed by atoms with van der Waals surface area (Å²) in [5.41, 5.74) is -0.174. The number of imidazole rings is 1. The number of carbonyl (C=O) groups excluding carboxylic acids is 1. The largest absolute Gasteiger partial charge is 0.480 e. The first-order valence-electron chi connectivity index (χ1n) is 5.90. The summed E-state index contributed by atoms with van der Waals surface area (Å²) in [6.45, 7) is 0. The Hall–Kier alpha value is -2.65. The van der Waals surface area contributed by atoms with Crippen LogP contribution in [0.4, 0.5) is 17.6 Å². The molecule has 1 aromatic carbocycles. The van der Waals surface area contributed by atoms with E-state index in [1.807, 2.05) is 0 Å². The number of carboxylic acids is 1. The van der Waals surface area contributed by atoms with Crippen molar-refractivity contribution in [2.45, 2.75) is 18.6 Å².